The molecule has 1 unspecified atom stereocenters. The van der Waals surface area contributed by atoms with Crippen LogP contribution in [-0.4, -0.2) is 19.2 Å². The third kappa shape index (κ3) is 4.00. The third-order valence-electron chi connectivity index (χ3n) is 2.79. The van der Waals surface area contributed by atoms with Crippen LogP contribution in [0.3, 0.4) is 0 Å². The van der Waals surface area contributed by atoms with Crippen molar-refractivity contribution in [3.05, 3.63) is 65.7 Å². The number of halogens is 1. The molecule has 0 aliphatic heterocycles. The summed E-state index contributed by atoms with van der Waals surface area (Å²) in [5.74, 6) is -0.453. The summed E-state index contributed by atoms with van der Waals surface area (Å²) in [5.41, 5.74) is 1.31. The number of carbonyl (C=O) groups excluding carboxylic acids is 1. The summed E-state index contributed by atoms with van der Waals surface area (Å²) in [7, 11) is -4.00. The Balaban J connectivity index is 2.17. The molecule has 0 fully saturated rings. The van der Waals surface area contributed by atoms with Crippen molar-refractivity contribution in [1.29, 1.82) is 0 Å². The molecule has 0 heterocycles. The number of hydrogen-bond donors (Lipinski definition) is 0. The van der Waals surface area contributed by atoms with Gasteiger partial charge in [-0.15, -0.1) is 0 Å². The van der Waals surface area contributed by atoms with Crippen molar-refractivity contribution in [1.82, 2.24) is 0 Å². The molecule has 0 saturated carbocycles. The Bertz CT molecular complexity index is 724. The van der Waals surface area contributed by atoms with E-state index < -0.39 is 20.9 Å². The lowest BCUT2D eigenvalue weighted by Gasteiger charge is -2.11. The zero-order chi connectivity index (χ0) is 15.5. The second-order valence-electron chi connectivity index (χ2n) is 4.41. The Labute approximate surface area is 132 Å². The van der Waals surface area contributed by atoms with Crippen LogP contribution in [0.15, 0.2) is 59.5 Å². The molecule has 2 rings (SSSR count). The fourth-order valence-electron chi connectivity index (χ4n) is 1.65. The van der Waals surface area contributed by atoms with Crippen LogP contribution < -0.4 is 0 Å². The van der Waals surface area contributed by atoms with Gasteiger partial charge >= 0.3 is 0 Å². The average Bonchev–Trinajstić information content (AvgIpc) is 2.47. The molecule has 0 radical (unpaired) electrons. The van der Waals surface area contributed by atoms with E-state index >= 15 is 0 Å². The molecule has 0 N–H and O–H groups in total. The van der Waals surface area contributed by atoms with Crippen LogP contribution in [0.5, 0.6) is 0 Å². The highest BCUT2D eigenvalue weighted by Crippen LogP contribution is 2.20. The first-order valence-electron chi connectivity index (χ1n) is 6.13. The van der Waals surface area contributed by atoms with Gasteiger partial charge in [-0.25, -0.2) is 4.18 Å². The molecule has 0 amide bonds. The van der Waals surface area contributed by atoms with Crippen molar-refractivity contribution in [2.24, 2.45) is 0 Å². The van der Waals surface area contributed by atoms with Gasteiger partial charge in [0.05, 0.1) is 4.90 Å². The highest BCUT2D eigenvalue weighted by molar-refractivity contribution is 9.09. The first-order valence-corrected chi connectivity index (χ1v) is 8.46. The number of hydrogen-bond acceptors (Lipinski definition) is 4. The van der Waals surface area contributed by atoms with Crippen LogP contribution in [0.4, 0.5) is 0 Å². The zero-order valence-electron chi connectivity index (χ0n) is 11.2. The lowest BCUT2D eigenvalue weighted by Crippen LogP contribution is -2.22. The number of benzene rings is 2. The Morgan fingerprint density at radius 1 is 1.05 bits per heavy atom. The molecule has 6 heteroatoms. The van der Waals surface area contributed by atoms with Crippen LogP contribution in [0.2, 0.25) is 0 Å². The highest BCUT2D eigenvalue weighted by atomic mass is 79.9. The van der Waals surface area contributed by atoms with E-state index in [-0.39, 0.29) is 4.90 Å². The topological polar surface area (TPSA) is 60.4 Å². The van der Waals surface area contributed by atoms with Gasteiger partial charge < -0.3 is 0 Å². The molecule has 4 nitrogen and oxygen atoms in total. The van der Waals surface area contributed by atoms with Gasteiger partial charge in [0, 0.05) is 5.56 Å². The monoisotopic (exact) mass is 368 g/mol. The summed E-state index contributed by atoms with van der Waals surface area (Å²) in [6.45, 7) is 1.85. The standard InChI is InChI=1S/C15H13BrO4S/c1-11-7-9-13(10-8-11)21(18,19)20-15(16)14(17)12-5-3-2-4-6-12/h2-10,15H,1H3. The predicted molar refractivity (Wildman–Crippen MR) is 82.9 cm³/mol. The van der Waals surface area contributed by atoms with Crippen molar-refractivity contribution in [2.75, 3.05) is 0 Å². The second kappa shape index (κ2) is 6.51. The van der Waals surface area contributed by atoms with E-state index in [1.54, 1.807) is 42.5 Å². The quantitative estimate of drug-likeness (QED) is 0.461. The van der Waals surface area contributed by atoms with Gasteiger partial charge in [-0.2, -0.15) is 8.42 Å². The summed E-state index contributed by atoms with van der Waals surface area (Å²) in [4.78, 5) is 12.1. The summed E-state index contributed by atoms with van der Waals surface area (Å²) < 4.78 is 29.1. The fraction of sp³-hybridized carbons (Fsp3) is 0.133. The maximum Gasteiger partial charge on any atom is 0.298 e. The highest BCUT2D eigenvalue weighted by Gasteiger charge is 2.25. The van der Waals surface area contributed by atoms with Gasteiger partial charge in [-0.3, -0.25) is 4.79 Å². The Morgan fingerprint density at radius 2 is 1.62 bits per heavy atom. The zero-order valence-corrected chi connectivity index (χ0v) is 13.6. The van der Waals surface area contributed by atoms with Crippen LogP contribution >= 0.6 is 15.9 Å². The van der Waals surface area contributed by atoms with Crippen LogP contribution in [-0.2, 0) is 14.3 Å². The van der Waals surface area contributed by atoms with Crippen molar-refractivity contribution < 1.29 is 17.4 Å². The molecule has 0 aliphatic rings. The molecule has 2 aromatic rings. The van der Waals surface area contributed by atoms with Gasteiger partial charge in [0.25, 0.3) is 10.1 Å². The number of alkyl halides is 1. The van der Waals surface area contributed by atoms with E-state index in [9.17, 15) is 13.2 Å². The summed E-state index contributed by atoms with van der Waals surface area (Å²) in [6, 6.07) is 14.6. The van der Waals surface area contributed by atoms with E-state index in [1.807, 2.05) is 6.92 Å². The second-order valence-corrected chi connectivity index (χ2v) is 6.81. The van der Waals surface area contributed by atoms with Crippen molar-refractivity contribution in [3.63, 3.8) is 0 Å². The normalized spacial score (nSPS) is 12.9. The smallest absolute Gasteiger partial charge is 0.290 e. The largest absolute Gasteiger partial charge is 0.298 e. The summed E-state index contributed by atoms with van der Waals surface area (Å²) in [5, 5.41) is -1.26. The Morgan fingerprint density at radius 3 is 2.19 bits per heavy atom. The Kier molecular flexibility index (Phi) is 4.92. The third-order valence-corrected chi connectivity index (χ3v) is 4.93. The number of carbonyl (C=O) groups is 1. The Hall–Kier alpha value is -1.50. The average molecular weight is 369 g/mol. The molecule has 0 aliphatic carbocycles. The molecule has 0 bridgehead atoms. The van der Waals surface area contributed by atoms with Crippen molar-refractivity contribution >= 4 is 31.8 Å². The van der Waals surface area contributed by atoms with E-state index in [2.05, 4.69) is 15.9 Å². The molecule has 110 valence electrons. The SMILES string of the molecule is Cc1ccc(S(=O)(=O)OC(Br)C(=O)c2ccccc2)cc1. The minimum atomic E-state index is -4.00. The van der Waals surface area contributed by atoms with Crippen LogP contribution in [0.1, 0.15) is 15.9 Å². The lowest BCUT2D eigenvalue weighted by molar-refractivity contribution is 0.0901. The van der Waals surface area contributed by atoms with Gasteiger partial charge in [0.1, 0.15) is 0 Å². The molecular weight excluding hydrogens is 356 g/mol. The van der Waals surface area contributed by atoms with Crippen molar-refractivity contribution in [2.45, 2.75) is 16.8 Å². The number of ketones is 1. The van der Waals surface area contributed by atoms with Gasteiger partial charge in [-0.1, -0.05) is 48.0 Å². The minimum absolute atomic E-state index is 0.0124. The maximum atomic E-state index is 12.1. The molecule has 0 saturated heterocycles. The van der Waals surface area contributed by atoms with E-state index in [0.29, 0.717) is 5.56 Å². The fourth-order valence-corrected chi connectivity index (χ4v) is 3.41. The van der Waals surface area contributed by atoms with Gasteiger partial charge in [0.2, 0.25) is 5.78 Å². The first kappa shape index (κ1) is 15.9. The van der Waals surface area contributed by atoms with E-state index in [4.69, 9.17) is 4.18 Å². The molecule has 1 atom stereocenters. The van der Waals surface area contributed by atoms with Crippen LogP contribution in [0, 0.1) is 6.92 Å². The lowest BCUT2D eigenvalue weighted by atomic mass is 10.1. The maximum absolute atomic E-state index is 12.1. The van der Waals surface area contributed by atoms with Gasteiger partial charge in [-0.05, 0) is 35.0 Å². The minimum Gasteiger partial charge on any atom is -0.290 e. The molecular formula is C15H13BrO4S. The summed E-state index contributed by atoms with van der Waals surface area (Å²) >= 11 is 2.98. The predicted octanol–water partition coefficient (Wildman–Crippen LogP) is 3.30. The van der Waals surface area contributed by atoms with Crippen molar-refractivity contribution in [3.8, 4) is 0 Å². The van der Waals surface area contributed by atoms with Gasteiger partial charge in [0.15, 0.2) is 5.01 Å². The number of aryl methyl sites for hydroxylation is 1. The molecule has 0 aromatic heterocycles. The molecule has 21 heavy (non-hydrogen) atoms. The van der Waals surface area contributed by atoms with E-state index in [1.165, 1.54) is 12.1 Å². The number of Topliss-reactive ketones (excluding diaryl/α,β-unsaturated/α-hetero) is 1. The summed E-state index contributed by atoms with van der Waals surface area (Å²) in [6.07, 6.45) is 0. The van der Waals surface area contributed by atoms with Crippen LogP contribution in [0.25, 0.3) is 0 Å². The molecule has 2 aromatic carbocycles. The van der Waals surface area contributed by atoms with E-state index in [0.717, 1.165) is 5.56 Å². The first-order chi connectivity index (χ1) is 9.90. The number of rotatable bonds is 5. The molecule has 0 spiro atoms.